The van der Waals surface area contributed by atoms with Gasteiger partial charge in [-0.25, -0.2) is 4.98 Å². The van der Waals surface area contributed by atoms with Gasteiger partial charge in [0.1, 0.15) is 5.82 Å². The van der Waals surface area contributed by atoms with Crippen molar-refractivity contribution in [3.8, 4) is 0 Å². The Hall–Kier alpha value is -3.42. The summed E-state index contributed by atoms with van der Waals surface area (Å²) in [7, 11) is 1.74. The SMILES string of the molecule is Cc1cnc(CN(C)C(=O)c2ccc(C)c(NC(=O)C3(Cn4cccn4)CC3)c2)[nH]1. The molecule has 2 heterocycles. The second-order valence-electron chi connectivity index (χ2n) is 8.14. The fourth-order valence-electron chi connectivity index (χ4n) is 3.52. The highest BCUT2D eigenvalue weighted by Gasteiger charge is 2.50. The molecule has 0 unspecified atom stereocenters. The van der Waals surface area contributed by atoms with Crippen LogP contribution in [-0.2, 0) is 17.9 Å². The monoisotopic (exact) mass is 406 g/mol. The van der Waals surface area contributed by atoms with E-state index in [0.29, 0.717) is 24.3 Å². The van der Waals surface area contributed by atoms with Crippen LogP contribution in [0, 0.1) is 19.3 Å². The Labute approximate surface area is 175 Å². The number of H-pyrrole nitrogens is 1. The average molecular weight is 406 g/mol. The number of nitrogens with zero attached hydrogens (tertiary/aromatic N) is 4. The lowest BCUT2D eigenvalue weighted by atomic mass is 10.0. The number of aromatic amines is 1. The molecule has 0 bridgehead atoms. The van der Waals surface area contributed by atoms with Crippen LogP contribution in [0.1, 0.15) is 40.3 Å². The molecule has 0 saturated heterocycles. The molecule has 1 aliphatic carbocycles. The molecule has 0 radical (unpaired) electrons. The molecule has 156 valence electrons. The standard InChI is InChI=1S/C22H26N6O2/c1-15-5-6-17(20(29)27(3)13-19-23-12-16(2)25-19)11-18(15)26-21(30)22(7-8-22)14-28-10-4-9-24-28/h4-6,9-12H,7-8,13-14H2,1-3H3,(H,23,25)(H,26,30). The number of carbonyl (C=O) groups excluding carboxylic acids is 2. The predicted octanol–water partition coefficient (Wildman–Crippen LogP) is 2.91. The van der Waals surface area contributed by atoms with Gasteiger partial charge in [0, 0.05) is 42.6 Å². The maximum absolute atomic E-state index is 13.0. The topological polar surface area (TPSA) is 95.9 Å². The Balaban J connectivity index is 1.46. The molecule has 8 heteroatoms. The Morgan fingerprint density at radius 2 is 2.10 bits per heavy atom. The Morgan fingerprint density at radius 1 is 1.30 bits per heavy atom. The van der Waals surface area contributed by atoms with Gasteiger partial charge >= 0.3 is 0 Å². The molecule has 1 aliphatic rings. The van der Waals surface area contributed by atoms with Crippen molar-refractivity contribution < 1.29 is 9.59 Å². The van der Waals surface area contributed by atoms with Gasteiger partial charge in [-0.15, -0.1) is 0 Å². The molecule has 2 amide bonds. The summed E-state index contributed by atoms with van der Waals surface area (Å²) < 4.78 is 1.80. The number of aromatic nitrogens is 4. The normalized spacial score (nSPS) is 14.4. The fraction of sp³-hybridized carbons (Fsp3) is 0.364. The number of imidazole rings is 1. The third kappa shape index (κ3) is 4.12. The molecule has 2 aromatic heterocycles. The smallest absolute Gasteiger partial charge is 0.254 e. The van der Waals surface area contributed by atoms with Crippen molar-refractivity contribution in [2.75, 3.05) is 12.4 Å². The summed E-state index contributed by atoms with van der Waals surface area (Å²) in [6.45, 7) is 4.79. The van der Waals surface area contributed by atoms with E-state index in [2.05, 4.69) is 20.4 Å². The first-order valence-corrected chi connectivity index (χ1v) is 10.0. The van der Waals surface area contributed by atoms with Gasteiger partial charge in [-0.1, -0.05) is 6.07 Å². The highest BCUT2D eigenvalue weighted by atomic mass is 16.2. The van der Waals surface area contributed by atoms with Gasteiger partial charge in [0.05, 0.1) is 18.5 Å². The van der Waals surface area contributed by atoms with E-state index >= 15 is 0 Å². The van der Waals surface area contributed by atoms with Gasteiger partial charge in [-0.05, 0) is 50.5 Å². The van der Waals surface area contributed by atoms with Crippen LogP contribution in [0.15, 0.2) is 42.9 Å². The maximum Gasteiger partial charge on any atom is 0.254 e. The molecule has 1 fully saturated rings. The van der Waals surface area contributed by atoms with Crippen molar-refractivity contribution in [3.05, 3.63) is 65.5 Å². The lowest BCUT2D eigenvalue weighted by Gasteiger charge is -2.19. The van der Waals surface area contributed by atoms with Crippen LogP contribution in [0.2, 0.25) is 0 Å². The number of carbonyl (C=O) groups is 2. The van der Waals surface area contributed by atoms with Crippen LogP contribution in [0.25, 0.3) is 0 Å². The molecule has 0 spiro atoms. The lowest BCUT2D eigenvalue weighted by Crippen LogP contribution is -2.29. The summed E-state index contributed by atoms with van der Waals surface area (Å²) in [6, 6.07) is 7.26. The second kappa shape index (κ2) is 7.78. The number of hydrogen-bond donors (Lipinski definition) is 2. The minimum absolute atomic E-state index is 0.0230. The number of hydrogen-bond acceptors (Lipinski definition) is 4. The van der Waals surface area contributed by atoms with E-state index < -0.39 is 5.41 Å². The number of benzene rings is 1. The first kappa shape index (κ1) is 19.9. The van der Waals surface area contributed by atoms with Crippen LogP contribution in [-0.4, -0.2) is 43.5 Å². The number of anilines is 1. The van der Waals surface area contributed by atoms with E-state index in [-0.39, 0.29) is 11.8 Å². The van der Waals surface area contributed by atoms with E-state index in [4.69, 9.17) is 0 Å². The first-order valence-electron chi connectivity index (χ1n) is 10.0. The molecule has 0 atom stereocenters. The van der Waals surface area contributed by atoms with E-state index in [9.17, 15) is 9.59 Å². The summed E-state index contributed by atoms with van der Waals surface area (Å²) in [5.41, 5.74) is 2.64. The predicted molar refractivity (Wildman–Crippen MR) is 113 cm³/mol. The quantitative estimate of drug-likeness (QED) is 0.631. The van der Waals surface area contributed by atoms with Crippen LogP contribution < -0.4 is 5.32 Å². The zero-order chi connectivity index (χ0) is 21.3. The zero-order valence-electron chi connectivity index (χ0n) is 17.5. The highest BCUT2D eigenvalue weighted by Crippen LogP contribution is 2.48. The lowest BCUT2D eigenvalue weighted by molar-refractivity contribution is -0.121. The molecule has 3 aromatic rings. The Morgan fingerprint density at radius 3 is 2.73 bits per heavy atom. The van der Waals surface area contributed by atoms with Gasteiger partial charge in [0.2, 0.25) is 5.91 Å². The molecular formula is C22H26N6O2. The minimum atomic E-state index is -0.424. The molecule has 1 saturated carbocycles. The van der Waals surface area contributed by atoms with Crippen LogP contribution in [0.5, 0.6) is 0 Å². The summed E-state index contributed by atoms with van der Waals surface area (Å²) in [5, 5.41) is 7.26. The van der Waals surface area contributed by atoms with Crippen molar-refractivity contribution in [3.63, 3.8) is 0 Å². The summed E-state index contributed by atoms with van der Waals surface area (Å²) in [4.78, 5) is 34.9. The third-order valence-electron chi connectivity index (χ3n) is 5.58. The van der Waals surface area contributed by atoms with Gasteiger partial charge in [0.15, 0.2) is 0 Å². The minimum Gasteiger partial charge on any atom is -0.345 e. The van der Waals surface area contributed by atoms with Gasteiger partial charge in [-0.2, -0.15) is 5.10 Å². The number of aryl methyl sites for hydroxylation is 2. The summed E-state index contributed by atoms with van der Waals surface area (Å²) in [6.07, 6.45) is 7.00. The molecule has 8 nitrogen and oxygen atoms in total. The maximum atomic E-state index is 13.0. The Kier molecular flexibility index (Phi) is 5.15. The third-order valence-corrected chi connectivity index (χ3v) is 5.58. The van der Waals surface area contributed by atoms with Crippen LogP contribution >= 0.6 is 0 Å². The molecule has 30 heavy (non-hydrogen) atoms. The summed E-state index contributed by atoms with van der Waals surface area (Å²) >= 11 is 0. The van der Waals surface area contributed by atoms with E-state index in [1.807, 2.05) is 32.2 Å². The zero-order valence-corrected chi connectivity index (χ0v) is 17.5. The van der Waals surface area contributed by atoms with Crippen molar-refractivity contribution in [2.24, 2.45) is 5.41 Å². The molecule has 0 aliphatic heterocycles. The van der Waals surface area contributed by atoms with E-state index in [0.717, 1.165) is 29.9 Å². The number of amides is 2. The molecule has 2 N–H and O–H groups in total. The van der Waals surface area contributed by atoms with Crippen molar-refractivity contribution in [2.45, 2.75) is 39.8 Å². The largest absolute Gasteiger partial charge is 0.345 e. The van der Waals surface area contributed by atoms with E-state index in [1.54, 1.807) is 41.2 Å². The molecular weight excluding hydrogens is 380 g/mol. The van der Waals surface area contributed by atoms with Crippen molar-refractivity contribution in [1.82, 2.24) is 24.6 Å². The summed E-state index contributed by atoms with van der Waals surface area (Å²) in [5.74, 6) is 0.584. The second-order valence-corrected chi connectivity index (χ2v) is 8.14. The number of nitrogens with one attached hydrogen (secondary N) is 2. The Bertz CT molecular complexity index is 1070. The van der Waals surface area contributed by atoms with Crippen LogP contribution in [0.4, 0.5) is 5.69 Å². The number of rotatable bonds is 7. The highest BCUT2D eigenvalue weighted by molar-refractivity contribution is 6.00. The van der Waals surface area contributed by atoms with Gasteiger partial charge < -0.3 is 15.2 Å². The first-order chi connectivity index (χ1) is 14.4. The van der Waals surface area contributed by atoms with Gasteiger partial charge in [-0.3, -0.25) is 14.3 Å². The van der Waals surface area contributed by atoms with Crippen LogP contribution in [0.3, 0.4) is 0 Å². The van der Waals surface area contributed by atoms with Crippen molar-refractivity contribution in [1.29, 1.82) is 0 Å². The van der Waals surface area contributed by atoms with Gasteiger partial charge in [0.25, 0.3) is 5.91 Å². The molecule has 4 rings (SSSR count). The fourth-order valence-corrected chi connectivity index (χ4v) is 3.52. The van der Waals surface area contributed by atoms with Crippen molar-refractivity contribution >= 4 is 17.5 Å². The average Bonchev–Trinajstić information content (AvgIpc) is 3.10. The molecule has 1 aromatic carbocycles. The van der Waals surface area contributed by atoms with E-state index in [1.165, 1.54) is 0 Å².